The second-order valence-corrected chi connectivity index (χ2v) is 4.06. The number of carbonyl (C=O) groups excluding carboxylic acids is 1. The maximum atomic E-state index is 11.0. The van der Waals surface area contributed by atoms with E-state index in [4.69, 9.17) is 11.6 Å². The van der Waals surface area contributed by atoms with Crippen LogP contribution in [0.4, 0.5) is 0 Å². The lowest BCUT2D eigenvalue weighted by atomic mass is 10.0. The molecule has 0 spiro atoms. The van der Waals surface area contributed by atoms with Gasteiger partial charge in [-0.05, 0) is 35.7 Å². The molecular formula is C14H11ClO. The second-order valence-electron chi connectivity index (χ2n) is 3.72. The zero-order valence-corrected chi connectivity index (χ0v) is 9.66. The van der Waals surface area contributed by atoms with Crippen molar-refractivity contribution in [2.24, 2.45) is 0 Å². The van der Waals surface area contributed by atoms with E-state index in [2.05, 4.69) is 0 Å². The first-order valence-corrected chi connectivity index (χ1v) is 5.41. The molecule has 0 aromatic heterocycles. The van der Waals surface area contributed by atoms with Crippen molar-refractivity contribution in [1.82, 2.24) is 0 Å². The van der Waals surface area contributed by atoms with Crippen molar-refractivity contribution in [1.29, 1.82) is 0 Å². The SMILES string of the molecule is Cc1ccc(-c2cccc(C(=O)Cl)c2)cc1. The Hall–Kier alpha value is -1.60. The number of aryl methyl sites for hydroxylation is 1. The average Bonchev–Trinajstić information content (AvgIpc) is 2.30. The lowest BCUT2D eigenvalue weighted by molar-refractivity contribution is 0.108. The Kier molecular flexibility index (Phi) is 3.07. The lowest BCUT2D eigenvalue weighted by Gasteiger charge is -2.03. The summed E-state index contributed by atoms with van der Waals surface area (Å²) in [6, 6.07) is 15.5. The molecule has 0 radical (unpaired) electrons. The Labute approximate surface area is 99.7 Å². The van der Waals surface area contributed by atoms with Crippen LogP contribution in [0.3, 0.4) is 0 Å². The van der Waals surface area contributed by atoms with Crippen LogP contribution in [-0.4, -0.2) is 5.24 Å². The number of carbonyl (C=O) groups is 1. The monoisotopic (exact) mass is 230 g/mol. The second kappa shape index (κ2) is 4.50. The average molecular weight is 231 g/mol. The zero-order valence-electron chi connectivity index (χ0n) is 8.91. The van der Waals surface area contributed by atoms with Gasteiger partial charge < -0.3 is 0 Å². The van der Waals surface area contributed by atoms with E-state index in [0.717, 1.165) is 11.1 Å². The smallest absolute Gasteiger partial charge is 0.252 e. The fourth-order valence-electron chi connectivity index (χ4n) is 1.57. The standard InChI is InChI=1S/C14H11ClO/c1-10-5-7-11(8-6-10)12-3-2-4-13(9-12)14(15)16/h2-9H,1H3. The largest absolute Gasteiger partial charge is 0.276 e. The molecule has 0 amide bonds. The minimum atomic E-state index is -0.422. The molecule has 80 valence electrons. The van der Waals surface area contributed by atoms with Crippen LogP contribution in [0.1, 0.15) is 15.9 Å². The van der Waals surface area contributed by atoms with Crippen LogP contribution in [-0.2, 0) is 0 Å². The van der Waals surface area contributed by atoms with E-state index in [1.165, 1.54) is 5.56 Å². The predicted octanol–water partition coefficient (Wildman–Crippen LogP) is 4.04. The van der Waals surface area contributed by atoms with Crippen molar-refractivity contribution >= 4 is 16.8 Å². The first kappa shape index (κ1) is 10.9. The van der Waals surface area contributed by atoms with Crippen molar-refractivity contribution < 1.29 is 4.79 Å². The molecule has 2 heteroatoms. The quantitative estimate of drug-likeness (QED) is 0.712. The van der Waals surface area contributed by atoms with Crippen molar-refractivity contribution in [2.45, 2.75) is 6.92 Å². The number of hydrogen-bond acceptors (Lipinski definition) is 1. The van der Waals surface area contributed by atoms with E-state index in [1.54, 1.807) is 12.1 Å². The van der Waals surface area contributed by atoms with Gasteiger partial charge in [0.25, 0.3) is 5.24 Å². The molecule has 1 nitrogen and oxygen atoms in total. The van der Waals surface area contributed by atoms with Crippen molar-refractivity contribution in [3.05, 3.63) is 59.7 Å². The van der Waals surface area contributed by atoms with Crippen LogP contribution in [0.25, 0.3) is 11.1 Å². The molecule has 0 unspecified atom stereocenters. The van der Waals surface area contributed by atoms with Crippen molar-refractivity contribution in [2.75, 3.05) is 0 Å². The van der Waals surface area contributed by atoms with Gasteiger partial charge in [-0.15, -0.1) is 0 Å². The number of benzene rings is 2. The van der Waals surface area contributed by atoms with Crippen molar-refractivity contribution in [3.8, 4) is 11.1 Å². The van der Waals surface area contributed by atoms with Gasteiger partial charge >= 0.3 is 0 Å². The summed E-state index contributed by atoms with van der Waals surface area (Å²) in [5.41, 5.74) is 3.84. The lowest BCUT2D eigenvalue weighted by Crippen LogP contribution is -1.88. The molecule has 0 N–H and O–H groups in total. The topological polar surface area (TPSA) is 17.1 Å². The van der Waals surface area contributed by atoms with Gasteiger partial charge in [-0.3, -0.25) is 4.79 Å². The third-order valence-electron chi connectivity index (χ3n) is 2.47. The van der Waals surface area contributed by atoms with Crippen LogP contribution in [0.5, 0.6) is 0 Å². The highest BCUT2D eigenvalue weighted by atomic mass is 35.5. The van der Waals surface area contributed by atoms with Gasteiger partial charge in [-0.1, -0.05) is 48.0 Å². The Morgan fingerprint density at radius 2 is 1.69 bits per heavy atom. The molecule has 0 aliphatic heterocycles. The molecule has 0 aliphatic rings. The van der Waals surface area contributed by atoms with Gasteiger partial charge in [0.15, 0.2) is 0 Å². The van der Waals surface area contributed by atoms with Crippen molar-refractivity contribution in [3.63, 3.8) is 0 Å². The van der Waals surface area contributed by atoms with Crippen LogP contribution in [0, 0.1) is 6.92 Å². The number of halogens is 1. The van der Waals surface area contributed by atoms with Crippen LogP contribution in [0.15, 0.2) is 48.5 Å². The maximum Gasteiger partial charge on any atom is 0.252 e. The summed E-state index contributed by atoms with van der Waals surface area (Å²) in [6.07, 6.45) is 0. The summed E-state index contributed by atoms with van der Waals surface area (Å²) >= 11 is 5.45. The highest BCUT2D eigenvalue weighted by Crippen LogP contribution is 2.21. The van der Waals surface area contributed by atoms with E-state index in [1.807, 2.05) is 43.3 Å². The minimum absolute atomic E-state index is 0.422. The first-order valence-electron chi connectivity index (χ1n) is 5.04. The third-order valence-corrected chi connectivity index (χ3v) is 2.69. The molecule has 0 saturated carbocycles. The third kappa shape index (κ3) is 2.31. The van der Waals surface area contributed by atoms with Gasteiger partial charge in [0, 0.05) is 5.56 Å². The molecule has 2 aromatic carbocycles. The van der Waals surface area contributed by atoms with E-state index >= 15 is 0 Å². The Balaban J connectivity index is 2.44. The van der Waals surface area contributed by atoms with Crippen LogP contribution >= 0.6 is 11.6 Å². The predicted molar refractivity (Wildman–Crippen MR) is 66.8 cm³/mol. The molecule has 2 aromatic rings. The van der Waals surface area contributed by atoms with Gasteiger partial charge in [0.2, 0.25) is 0 Å². The normalized spacial score (nSPS) is 10.1. The van der Waals surface area contributed by atoms with E-state index < -0.39 is 5.24 Å². The Bertz CT molecular complexity index is 515. The molecule has 0 atom stereocenters. The summed E-state index contributed by atoms with van der Waals surface area (Å²) in [4.78, 5) is 11.0. The number of rotatable bonds is 2. The van der Waals surface area contributed by atoms with Gasteiger partial charge in [-0.2, -0.15) is 0 Å². The molecule has 0 fully saturated rings. The number of hydrogen-bond donors (Lipinski definition) is 0. The van der Waals surface area contributed by atoms with Gasteiger partial charge in [0.05, 0.1) is 0 Å². The summed E-state index contributed by atoms with van der Waals surface area (Å²) in [5, 5.41) is -0.422. The summed E-state index contributed by atoms with van der Waals surface area (Å²) in [7, 11) is 0. The Morgan fingerprint density at radius 1 is 1.00 bits per heavy atom. The minimum Gasteiger partial charge on any atom is -0.276 e. The zero-order chi connectivity index (χ0) is 11.5. The van der Waals surface area contributed by atoms with Crippen LogP contribution < -0.4 is 0 Å². The van der Waals surface area contributed by atoms with Crippen LogP contribution in [0.2, 0.25) is 0 Å². The fourth-order valence-corrected chi connectivity index (χ4v) is 1.68. The maximum absolute atomic E-state index is 11.0. The molecule has 0 aliphatic carbocycles. The summed E-state index contributed by atoms with van der Waals surface area (Å²) in [6.45, 7) is 2.04. The summed E-state index contributed by atoms with van der Waals surface area (Å²) in [5.74, 6) is 0. The van der Waals surface area contributed by atoms with Gasteiger partial charge in [0.1, 0.15) is 0 Å². The first-order chi connectivity index (χ1) is 7.66. The van der Waals surface area contributed by atoms with E-state index in [0.29, 0.717) is 5.56 Å². The molecule has 0 heterocycles. The molecule has 0 bridgehead atoms. The summed E-state index contributed by atoms with van der Waals surface area (Å²) < 4.78 is 0. The van der Waals surface area contributed by atoms with Gasteiger partial charge in [-0.25, -0.2) is 0 Å². The van der Waals surface area contributed by atoms with E-state index in [-0.39, 0.29) is 0 Å². The fraction of sp³-hybridized carbons (Fsp3) is 0.0714. The molecule has 0 saturated heterocycles. The molecule has 2 rings (SSSR count). The highest BCUT2D eigenvalue weighted by Gasteiger charge is 2.03. The highest BCUT2D eigenvalue weighted by molar-refractivity contribution is 6.67. The van der Waals surface area contributed by atoms with E-state index in [9.17, 15) is 4.79 Å². The molecule has 16 heavy (non-hydrogen) atoms. The Morgan fingerprint density at radius 3 is 2.31 bits per heavy atom. The molecular weight excluding hydrogens is 220 g/mol.